The van der Waals surface area contributed by atoms with Gasteiger partial charge in [-0.05, 0) is 30.5 Å². The Morgan fingerprint density at radius 3 is 2.90 bits per heavy atom. The molecule has 4 nitrogen and oxygen atoms in total. The van der Waals surface area contributed by atoms with Gasteiger partial charge in [-0.2, -0.15) is 0 Å². The Kier molecular flexibility index (Phi) is 4.98. The van der Waals surface area contributed by atoms with E-state index in [4.69, 9.17) is 0 Å². The molecule has 2 heterocycles. The van der Waals surface area contributed by atoms with Crippen molar-refractivity contribution in [1.82, 2.24) is 4.90 Å². The largest absolute Gasteiger partial charge is 0.391 e. The van der Waals surface area contributed by atoms with E-state index in [2.05, 4.69) is 17.4 Å². The van der Waals surface area contributed by atoms with E-state index in [1.54, 1.807) is 4.90 Å². The molecular weight excluding hydrogens is 304 g/mol. The minimum Gasteiger partial charge on any atom is -0.391 e. The molecule has 1 aromatic carbocycles. The molecule has 6 heteroatoms. The maximum Gasteiger partial charge on any atom is 0.321 e. The van der Waals surface area contributed by atoms with Gasteiger partial charge in [-0.15, -0.1) is 23.5 Å². The summed E-state index contributed by atoms with van der Waals surface area (Å²) in [4.78, 5) is 13.9. The van der Waals surface area contributed by atoms with E-state index in [0.717, 1.165) is 25.1 Å². The van der Waals surface area contributed by atoms with Crippen LogP contribution in [0.4, 0.5) is 10.5 Å². The average molecular weight is 324 g/mol. The van der Waals surface area contributed by atoms with E-state index < -0.39 is 0 Å². The first-order valence-electron chi connectivity index (χ1n) is 7.29. The SMILES string of the molecule is O=C(Nc1cccc(C2SCCS2)c1)N1CCC[C@@H](O)C1. The van der Waals surface area contributed by atoms with E-state index in [0.29, 0.717) is 11.1 Å². The van der Waals surface area contributed by atoms with Gasteiger partial charge in [0.2, 0.25) is 0 Å². The lowest BCUT2D eigenvalue weighted by Gasteiger charge is -2.30. The van der Waals surface area contributed by atoms with E-state index >= 15 is 0 Å². The summed E-state index contributed by atoms with van der Waals surface area (Å²) in [6.45, 7) is 1.15. The molecule has 0 aliphatic carbocycles. The van der Waals surface area contributed by atoms with Crippen LogP contribution in [-0.2, 0) is 0 Å². The van der Waals surface area contributed by atoms with Crippen LogP contribution in [0.5, 0.6) is 0 Å². The summed E-state index contributed by atoms with van der Waals surface area (Å²) in [5.74, 6) is 2.38. The zero-order valence-electron chi connectivity index (χ0n) is 11.8. The molecule has 2 aliphatic rings. The van der Waals surface area contributed by atoms with Gasteiger partial charge < -0.3 is 15.3 Å². The van der Waals surface area contributed by atoms with Crippen molar-refractivity contribution >= 4 is 35.2 Å². The number of nitrogens with zero attached hydrogens (tertiary/aromatic N) is 1. The summed E-state index contributed by atoms with van der Waals surface area (Å²) in [6, 6.07) is 7.99. The fourth-order valence-corrected chi connectivity index (χ4v) is 5.49. The van der Waals surface area contributed by atoms with Crippen LogP contribution in [-0.4, -0.2) is 46.7 Å². The number of carbonyl (C=O) groups excluding carboxylic acids is 1. The molecule has 1 aromatic rings. The fourth-order valence-electron chi connectivity index (χ4n) is 2.66. The molecule has 0 saturated carbocycles. The van der Waals surface area contributed by atoms with Gasteiger partial charge in [-0.1, -0.05) is 12.1 Å². The number of rotatable bonds is 2. The number of anilines is 1. The molecule has 0 bridgehead atoms. The number of thioether (sulfide) groups is 2. The molecule has 0 spiro atoms. The Bertz CT molecular complexity index is 506. The van der Waals surface area contributed by atoms with Crippen LogP contribution in [0.2, 0.25) is 0 Å². The molecular formula is C15H20N2O2S2. The van der Waals surface area contributed by atoms with Crippen molar-refractivity contribution in [3.63, 3.8) is 0 Å². The van der Waals surface area contributed by atoms with E-state index in [9.17, 15) is 9.90 Å². The number of nitrogens with one attached hydrogen (secondary N) is 1. The maximum atomic E-state index is 12.2. The third-order valence-corrected chi connectivity index (χ3v) is 6.82. The Labute approximate surface area is 133 Å². The van der Waals surface area contributed by atoms with Gasteiger partial charge >= 0.3 is 6.03 Å². The molecule has 114 valence electrons. The molecule has 1 atom stereocenters. The molecule has 0 radical (unpaired) electrons. The molecule has 2 N–H and O–H groups in total. The summed E-state index contributed by atoms with van der Waals surface area (Å²) >= 11 is 3.92. The minimum atomic E-state index is -0.387. The Morgan fingerprint density at radius 1 is 1.33 bits per heavy atom. The zero-order chi connectivity index (χ0) is 14.7. The fraction of sp³-hybridized carbons (Fsp3) is 0.533. The standard InChI is InChI=1S/C15H20N2O2S2/c18-13-5-2-6-17(10-13)15(19)16-12-4-1-3-11(9-12)14-20-7-8-21-14/h1,3-4,9,13-14,18H,2,5-8,10H2,(H,16,19)/t13-/m1/s1. The maximum absolute atomic E-state index is 12.2. The number of benzene rings is 1. The summed E-state index contributed by atoms with van der Waals surface area (Å²) in [6.07, 6.45) is 1.27. The summed E-state index contributed by atoms with van der Waals surface area (Å²) in [5, 5.41) is 12.6. The second-order valence-electron chi connectivity index (χ2n) is 5.37. The molecule has 2 amide bonds. The Hall–Kier alpha value is -0.850. The monoisotopic (exact) mass is 324 g/mol. The number of likely N-dealkylation sites (tertiary alicyclic amines) is 1. The van der Waals surface area contributed by atoms with Gasteiger partial charge in [0.15, 0.2) is 0 Å². The van der Waals surface area contributed by atoms with Crippen molar-refractivity contribution in [3.05, 3.63) is 29.8 Å². The van der Waals surface area contributed by atoms with E-state index in [1.165, 1.54) is 17.1 Å². The summed E-state index contributed by atoms with van der Waals surface area (Å²) < 4.78 is 0.485. The van der Waals surface area contributed by atoms with Gasteiger partial charge in [0, 0.05) is 30.3 Å². The lowest BCUT2D eigenvalue weighted by atomic mass is 10.1. The van der Waals surface area contributed by atoms with Crippen molar-refractivity contribution in [2.75, 3.05) is 29.9 Å². The zero-order valence-corrected chi connectivity index (χ0v) is 13.5. The highest BCUT2D eigenvalue weighted by atomic mass is 32.2. The predicted molar refractivity (Wildman–Crippen MR) is 89.9 cm³/mol. The average Bonchev–Trinajstić information content (AvgIpc) is 3.02. The van der Waals surface area contributed by atoms with Crippen LogP contribution >= 0.6 is 23.5 Å². The molecule has 21 heavy (non-hydrogen) atoms. The van der Waals surface area contributed by atoms with Crippen LogP contribution in [0.15, 0.2) is 24.3 Å². The smallest absolute Gasteiger partial charge is 0.321 e. The van der Waals surface area contributed by atoms with Crippen LogP contribution in [0.1, 0.15) is 23.0 Å². The lowest BCUT2D eigenvalue weighted by molar-refractivity contribution is 0.0883. The van der Waals surface area contributed by atoms with E-state index in [-0.39, 0.29) is 12.1 Å². The molecule has 0 aromatic heterocycles. The summed E-state index contributed by atoms with van der Waals surface area (Å²) in [7, 11) is 0. The Morgan fingerprint density at radius 2 is 2.14 bits per heavy atom. The van der Waals surface area contributed by atoms with Gasteiger partial charge in [0.05, 0.1) is 10.7 Å². The van der Waals surface area contributed by atoms with Gasteiger partial charge in [0.25, 0.3) is 0 Å². The van der Waals surface area contributed by atoms with Crippen LogP contribution in [0.3, 0.4) is 0 Å². The van der Waals surface area contributed by atoms with Crippen molar-refractivity contribution < 1.29 is 9.90 Å². The number of aliphatic hydroxyl groups is 1. The number of amides is 2. The molecule has 2 fully saturated rings. The first-order valence-corrected chi connectivity index (χ1v) is 9.39. The van der Waals surface area contributed by atoms with Crippen molar-refractivity contribution in [1.29, 1.82) is 0 Å². The molecule has 0 unspecified atom stereocenters. The lowest BCUT2D eigenvalue weighted by Crippen LogP contribution is -2.44. The van der Waals surface area contributed by atoms with Gasteiger partial charge in [-0.3, -0.25) is 0 Å². The predicted octanol–water partition coefficient (Wildman–Crippen LogP) is 3.15. The number of hydrogen-bond donors (Lipinski definition) is 2. The quantitative estimate of drug-likeness (QED) is 0.877. The topological polar surface area (TPSA) is 52.6 Å². The van der Waals surface area contributed by atoms with Crippen LogP contribution < -0.4 is 5.32 Å². The normalized spacial score (nSPS) is 23.3. The number of piperidine rings is 1. The number of hydrogen-bond acceptors (Lipinski definition) is 4. The number of urea groups is 1. The number of carbonyl (C=O) groups is 1. The van der Waals surface area contributed by atoms with Crippen molar-refractivity contribution in [2.45, 2.75) is 23.5 Å². The van der Waals surface area contributed by atoms with Crippen LogP contribution in [0, 0.1) is 0 Å². The first kappa shape index (κ1) is 15.1. The van der Waals surface area contributed by atoms with Crippen LogP contribution in [0.25, 0.3) is 0 Å². The highest BCUT2D eigenvalue weighted by Crippen LogP contribution is 2.45. The third kappa shape index (κ3) is 3.87. The number of aliphatic hydroxyl groups excluding tert-OH is 1. The summed E-state index contributed by atoms with van der Waals surface area (Å²) in [5.41, 5.74) is 2.10. The number of β-amino-alcohol motifs (C(OH)–C–C–N with tert-alkyl or cyclic N) is 1. The second-order valence-corrected chi connectivity index (χ2v) is 8.10. The van der Waals surface area contributed by atoms with E-state index in [1.807, 2.05) is 35.7 Å². The highest BCUT2D eigenvalue weighted by molar-refractivity contribution is 8.19. The molecule has 2 saturated heterocycles. The van der Waals surface area contributed by atoms with Crippen molar-refractivity contribution in [2.24, 2.45) is 0 Å². The minimum absolute atomic E-state index is 0.113. The second kappa shape index (κ2) is 6.94. The van der Waals surface area contributed by atoms with Gasteiger partial charge in [-0.25, -0.2) is 4.79 Å². The highest BCUT2D eigenvalue weighted by Gasteiger charge is 2.22. The first-order chi connectivity index (χ1) is 10.2. The molecule has 3 rings (SSSR count). The molecule has 2 aliphatic heterocycles. The van der Waals surface area contributed by atoms with Gasteiger partial charge in [0.1, 0.15) is 0 Å². The third-order valence-electron chi connectivity index (χ3n) is 3.72. The Balaban J connectivity index is 1.64. The van der Waals surface area contributed by atoms with Crippen molar-refractivity contribution in [3.8, 4) is 0 Å².